The summed E-state index contributed by atoms with van der Waals surface area (Å²) in [7, 11) is 0. The molecule has 0 atom stereocenters. The van der Waals surface area contributed by atoms with Crippen LogP contribution in [0.4, 0.5) is 0 Å². The minimum Gasteiger partial charge on any atom is -0.841 e. The standard InChI is InChI=1S/C24H16N2O2/c27-23-22(18-10-3-1-4-11-18)24(28)26-20-14-8-7-9-17(20)15-16-21(26)25(23)19-12-5-2-6-13-19/h1-16H. The van der Waals surface area contributed by atoms with E-state index in [2.05, 4.69) is 0 Å². The minimum absolute atomic E-state index is 0.165. The van der Waals surface area contributed by atoms with Crippen LogP contribution in [0.2, 0.25) is 0 Å². The molecule has 134 valence electrons. The smallest absolute Gasteiger partial charge is 0.350 e. The lowest BCUT2D eigenvalue weighted by atomic mass is 10.1. The monoisotopic (exact) mass is 364 g/mol. The van der Waals surface area contributed by atoms with Gasteiger partial charge in [-0.05, 0) is 29.8 Å². The molecular formula is C24H16N2O2. The van der Waals surface area contributed by atoms with Crippen LogP contribution in [0.5, 0.6) is 5.88 Å². The van der Waals surface area contributed by atoms with Crippen molar-refractivity contribution in [2.45, 2.75) is 0 Å². The number of aromatic nitrogens is 2. The molecule has 0 amide bonds. The highest BCUT2D eigenvalue weighted by molar-refractivity contribution is 5.78. The van der Waals surface area contributed by atoms with Gasteiger partial charge in [-0.2, -0.15) is 4.57 Å². The Morgan fingerprint density at radius 1 is 0.714 bits per heavy atom. The quantitative estimate of drug-likeness (QED) is 0.356. The van der Waals surface area contributed by atoms with E-state index < -0.39 is 0 Å². The topological polar surface area (TPSA) is 49.2 Å². The Labute approximate surface area is 161 Å². The van der Waals surface area contributed by atoms with Gasteiger partial charge in [-0.3, -0.25) is 0 Å². The van der Waals surface area contributed by atoms with Gasteiger partial charge in [-0.25, -0.2) is 9.20 Å². The molecule has 4 nitrogen and oxygen atoms in total. The maximum Gasteiger partial charge on any atom is 0.350 e. The molecule has 0 unspecified atom stereocenters. The second kappa shape index (κ2) is 6.35. The van der Waals surface area contributed by atoms with Crippen LogP contribution in [0, 0.1) is 0 Å². The lowest BCUT2D eigenvalue weighted by molar-refractivity contribution is -0.565. The zero-order chi connectivity index (χ0) is 19.1. The van der Waals surface area contributed by atoms with Crippen LogP contribution in [0.25, 0.3) is 33.4 Å². The summed E-state index contributed by atoms with van der Waals surface area (Å²) in [5.74, 6) is -0.310. The number of benzene rings is 3. The Bertz CT molecular complexity index is 1370. The van der Waals surface area contributed by atoms with Crippen LogP contribution in [-0.2, 0) is 0 Å². The average molecular weight is 364 g/mol. The molecule has 2 heterocycles. The molecule has 0 saturated heterocycles. The molecule has 3 aromatic carbocycles. The van der Waals surface area contributed by atoms with Gasteiger partial charge in [-0.15, -0.1) is 0 Å². The Kier molecular flexibility index (Phi) is 3.69. The van der Waals surface area contributed by atoms with Crippen molar-refractivity contribution in [3.63, 3.8) is 0 Å². The summed E-state index contributed by atoms with van der Waals surface area (Å²) in [5.41, 5.74) is 2.49. The summed E-state index contributed by atoms with van der Waals surface area (Å²) in [6, 6.07) is 30.0. The summed E-state index contributed by atoms with van der Waals surface area (Å²) in [6.45, 7) is 0. The second-order valence-corrected chi connectivity index (χ2v) is 6.61. The first-order chi connectivity index (χ1) is 13.8. The number of rotatable bonds is 2. The van der Waals surface area contributed by atoms with Gasteiger partial charge in [0, 0.05) is 11.5 Å². The highest BCUT2D eigenvalue weighted by Crippen LogP contribution is 2.24. The SMILES string of the molecule is O=c1c(-c2ccccc2)c([O-])[n+]2c3ccccc3ccc2n1-c1ccccc1. The van der Waals surface area contributed by atoms with E-state index in [9.17, 15) is 9.90 Å². The fourth-order valence-electron chi connectivity index (χ4n) is 3.68. The first-order valence-electron chi connectivity index (χ1n) is 9.06. The van der Waals surface area contributed by atoms with E-state index >= 15 is 0 Å². The molecule has 28 heavy (non-hydrogen) atoms. The van der Waals surface area contributed by atoms with Gasteiger partial charge in [0.25, 0.3) is 5.65 Å². The van der Waals surface area contributed by atoms with Crippen molar-refractivity contribution < 1.29 is 9.51 Å². The fourth-order valence-corrected chi connectivity index (χ4v) is 3.68. The molecule has 5 aromatic rings. The van der Waals surface area contributed by atoms with Crippen molar-refractivity contribution in [1.82, 2.24) is 4.57 Å². The van der Waals surface area contributed by atoms with Gasteiger partial charge in [0.1, 0.15) is 16.8 Å². The van der Waals surface area contributed by atoms with Gasteiger partial charge >= 0.3 is 5.56 Å². The van der Waals surface area contributed by atoms with E-state index in [4.69, 9.17) is 0 Å². The molecule has 5 rings (SSSR count). The van der Waals surface area contributed by atoms with E-state index in [1.807, 2.05) is 84.9 Å². The van der Waals surface area contributed by atoms with Crippen molar-refractivity contribution in [2.24, 2.45) is 0 Å². The zero-order valence-corrected chi connectivity index (χ0v) is 14.9. The molecule has 0 aliphatic heterocycles. The lowest BCUT2D eigenvalue weighted by Crippen LogP contribution is -2.38. The first-order valence-corrected chi connectivity index (χ1v) is 9.06. The van der Waals surface area contributed by atoms with Gasteiger partial charge < -0.3 is 5.11 Å². The summed E-state index contributed by atoms with van der Waals surface area (Å²) in [6.07, 6.45) is 0. The molecule has 0 spiro atoms. The molecule has 0 N–H and O–H groups in total. The second-order valence-electron chi connectivity index (χ2n) is 6.61. The minimum atomic E-state index is -0.322. The largest absolute Gasteiger partial charge is 0.841 e. The fraction of sp³-hybridized carbons (Fsp3) is 0. The Hall–Kier alpha value is -3.92. The molecule has 4 heteroatoms. The Balaban J connectivity index is 2.04. The van der Waals surface area contributed by atoms with Gasteiger partial charge in [-0.1, -0.05) is 66.7 Å². The summed E-state index contributed by atoms with van der Waals surface area (Å²) >= 11 is 0. The predicted molar refractivity (Wildman–Crippen MR) is 108 cm³/mol. The van der Waals surface area contributed by atoms with E-state index in [0.29, 0.717) is 11.2 Å². The normalized spacial score (nSPS) is 11.1. The molecule has 0 saturated carbocycles. The third kappa shape index (κ3) is 2.39. The number of pyridine rings is 1. The number of hydrogen-bond acceptors (Lipinski definition) is 2. The van der Waals surface area contributed by atoms with Crippen LogP contribution in [0.1, 0.15) is 0 Å². The van der Waals surface area contributed by atoms with Crippen LogP contribution in [0.3, 0.4) is 0 Å². The lowest BCUT2D eigenvalue weighted by Gasteiger charge is -2.16. The van der Waals surface area contributed by atoms with Crippen LogP contribution in [0.15, 0.2) is 102 Å². The van der Waals surface area contributed by atoms with Crippen molar-refractivity contribution in [3.05, 3.63) is 107 Å². The summed E-state index contributed by atoms with van der Waals surface area (Å²) < 4.78 is 3.24. The number of hydrogen-bond donors (Lipinski definition) is 0. The first kappa shape index (κ1) is 16.3. The van der Waals surface area contributed by atoms with Crippen molar-refractivity contribution >= 4 is 16.6 Å². The maximum atomic E-state index is 13.5. The molecule has 0 aliphatic carbocycles. The molecule has 0 radical (unpaired) electrons. The summed E-state index contributed by atoms with van der Waals surface area (Å²) in [5, 5.41) is 14.4. The third-order valence-electron chi connectivity index (χ3n) is 4.96. The average Bonchev–Trinajstić information content (AvgIpc) is 2.75. The number of nitrogens with zero attached hydrogens (tertiary/aromatic N) is 2. The molecule has 0 aliphatic rings. The van der Waals surface area contributed by atoms with Crippen molar-refractivity contribution in [2.75, 3.05) is 0 Å². The third-order valence-corrected chi connectivity index (χ3v) is 4.96. The number of para-hydroxylation sites is 2. The van der Waals surface area contributed by atoms with Crippen LogP contribution < -0.4 is 15.1 Å². The highest BCUT2D eigenvalue weighted by atomic mass is 16.3. The predicted octanol–water partition coefficient (Wildman–Crippen LogP) is 3.47. The maximum absolute atomic E-state index is 13.5. The van der Waals surface area contributed by atoms with Gasteiger partial charge in [0.05, 0.1) is 5.88 Å². The molecule has 0 fully saturated rings. The van der Waals surface area contributed by atoms with Crippen LogP contribution in [-0.4, -0.2) is 4.57 Å². The summed E-state index contributed by atoms with van der Waals surface area (Å²) in [4.78, 5) is 13.5. The van der Waals surface area contributed by atoms with E-state index in [1.165, 1.54) is 0 Å². The molecular weight excluding hydrogens is 348 g/mol. The van der Waals surface area contributed by atoms with Crippen LogP contribution >= 0.6 is 0 Å². The van der Waals surface area contributed by atoms with Gasteiger partial charge in [0.15, 0.2) is 0 Å². The molecule has 0 bridgehead atoms. The number of fused-ring (bicyclic) bond motifs is 3. The van der Waals surface area contributed by atoms with Gasteiger partial charge in [0.2, 0.25) is 0 Å². The Morgan fingerprint density at radius 2 is 1.36 bits per heavy atom. The highest BCUT2D eigenvalue weighted by Gasteiger charge is 2.23. The van der Waals surface area contributed by atoms with E-state index in [1.54, 1.807) is 21.1 Å². The van der Waals surface area contributed by atoms with Crippen molar-refractivity contribution in [1.29, 1.82) is 0 Å². The van der Waals surface area contributed by atoms with Crippen molar-refractivity contribution in [3.8, 4) is 22.7 Å². The van der Waals surface area contributed by atoms with E-state index in [-0.39, 0.29) is 17.0 Å². The Morgan fingerprint density at radius 3 is 2.11 bits per heavy atom. The van der Waals surface area contributed by atoms with E-state index in [0.717, 1.165) is 16.6 Å². The zero-order valence-electron chi connectivity index (χ0n) is 14.9. The molecule has 2 aromatic heterocycles.